The van der Waals surface area contributed by atoms with E-state index < -0.39 is 35.9 Å². The number of amides is 2. The van der Waals surface area contributed by atoms with E-state index in [0.717, 1.165) is 0 Å². The Kier molecular flexibility index (Phi) is 8.12. The number of nitrogens with one attached hydrogen (secondary N) is 2. The number of alkyl halides is 3. The molecule has 0 spiro atoms. The fraction of sp³-hybridized carbons (Fsp3) is 0.292. The lowest BCUT2D eigenvalue weighted by Gasteiger charge is -2.22. The minimum Gasteiger partial charge on any atom is -0.347 e. The van der Waals surface area contributed by atoms with Crippen LogP contribution in [0.4, 0.5) is 18.9 Å². The van der Waals surface area contributed by atoms with Crippen LogP contribution in [0.2, 0.25) is 0 Å². The Bertz CT molecular complexity index is 1590. The zero-order chi connectivity index (χ0) is 29.4. The number of anilines is 1. The van der Waals surface area contributed by atoms with Crippen LogP contribution >= 0.6 is 31.9 Å². The van der Waals surface area contributed by atoms with Gasteiger partial charge in [0.05, 0.1) is 28.0 Å². The summed E-state index contributed by atoms with van der Waals surface area (Å²) in [7, 11) is 0. The summed E-state index contributed by atoms with van der Waals surface area (Å²) in [5.41, 5.74) is 0.516. The average Bonchev–Trinajstić information content (AvgIpc) is 3.47. The third-order valence-corrected chi connectivity index (χ3v) is 6.38. The molecule has 11 nitrogen and oxygen atoms in total. The smallest absolute Gasteiger partial charge is 0.347 e. The number of tetrazole rings is 1. The number of halogens is 5. The van der Waals surface area contributed by atoms with Crippen molar-refractivity contribution in [2.45, 2.75) is 46.0 Å². The van der Waals surface area contributed by atoms with Gasteiger partial charge in [-0.1, -0.05) is 15.9 Å². The molecular weight excluding hydrogens is 663 g/mol. The Morgan fingerprint density at radius 2 is 1.80 bits per heavy atom. The molecule has 2 amide bonds. The standard InChI is InChI=1S/C24H22Br2F3N9O2/c1-12-8-13(25)9-15(20(39)32-23(2,3)4)18(12)31-21(40)17-10-14(11-37-22(24(27,28)29)33-35-36-37)34-38(17)19-16(26)6-5-7-30-19/h5-10H,11H2,1-4H3,(H,31,40)(H,32,39). The monoisotopic (exact) mass is 683 g/mol. The first-order valence-electron chi connectivity index (χ1n) is 11.6. The number of benzene rings is 1. The van der Waals surface area contributed by atoms with Crippen molar-refractivity contribution in [2.75, 3.05) is 5.32 Å². The average molecular weight is 685 g/mol. The number of pyridine rings is 1. The summed E-state index contributed by atoms with van der Waals surface area (Å²) in [6.07, 6.45) is -3.32. The van der Waals surface area contributed by atoms with Crippen molar-refractivity contribution >= 4 is 49.4 Å². The van der Waals surface area contributed by atoms with Gasteiger partial charge in [0.1, 0.15) is 5.69 Å². The lowest BCUT2D eigenvalue weighted by atomic mass is 10.0. The highest BCUT2D eigenvalue weighted by atomic mass is 79.9. The highest BCUT2D eigenvalue weighted by molar-refractivity contribution is 9.10. The molecule has 3 aromatic heterocycles. The number of carbonyl (C=O) groups is 2. The van der Waals surface area contributed by atoms with Crippen LogP contribution in [-0.2, 0) is 12.7 Å². The first-order valence-corrected chi connectivity index (χ1v) is 13.2. The van der Waals surface area contributed by atoms with Gasteiger partial charge in [0, 0.05) is 16.2 Å². The molecule has 0 atom stereocenters. The molecule has 210 valence electrons. The Morgan fingerprint density at radius 1 is 1.07 bits per heavy atom. The first kappa shape index (κ1) is 29.3. The third-order valence-electron chi connectivity index (χ3n) is 5.30. The first-order chi connectivity index (χ1) is 18.6. The molecular formula is C24H22Br2F3N9O2. The lowest BCUT2D eigenvalue weighted by molar-refractivity contribution is -0.147. The van der Waals surface area contributed by atoms with Crippen molar-refractivity contribution in [3.63, 3.8) is 0 Å². The highest BCUT2D eigenvalue weighted by Gasteiger charge is 2.38. The van der Waals surface area contributed by atoms with Crippen LogP contribution in [0, 0.1) is 6.92 Å². The van der Waals surface area contributed by atoms with E-state index in [1.165, 1.54) is 16.9 Å². The number of hydrogen-bond acceptors (Lipinski definition) is 7. The summed E-state index contributed by atoms with van der Waals surface area (Å²) in [5.74, 6) is -2.19. The Hall–Kier alpha value is -3.66. The quantitative estimate of drug-likeness (QED) is 0.294. The molecule has 3 heterocycles. The SMILES string of the molecule is Cc1cc(Br)cc(C(=O)NC(C)(C)C)c1NC(=O)c1cc(Cn2nnnc2C(F)(F)F)nn1-c1ncccc1Br. The third kappa shape index (κ3) is 6.55. The second kappa shape index (κ2) is 11.1. The molecule has 4 aromatic rings. The zero-order valence-corrected chi connectivity index (χ0v) is 24.7. The van der Waals surface area contributed by atoms with Crippen LogP contribution < -0.4 is 10.6 Å². The molecule has 0 aliphatic heterocycles. The number of hydrogen-bond donors (Lipinski definition) is 2. The van der Waals surface area contributed by atoms with E-state index in [1.54, 1.807) is 31.2 Å². The molecule has 0 aliphatic carbocycles. The van der Waals surface area contributed by atoms with E-state index in [1.807, 2.05) is 20.8 Å². The summed E-state index contributed by atoms with van der Waals surface area (Å²) in [4.78, 5) is 31.0. The van der Waals surface area contributed by atoms with Crippen LogP contribution in [0.25, 0.3) is 5.82 Å². The maximum atomic E-state index is 13.7. The van der Waals surface area contributed by atoms with Crippen LogP contribution in [0.5, 0.6) is 0 Å². The normalized spacial score (nSPS) is 11.9. The fourth-order valence-electron chi connectivity index (χ4n) is 3.71. The fourth-order valence-corrected chi connectivity index (χ4v) is 4.70. The summed E-state index contributed by atoms with van der Waals surface area (Å²) in [6, 6.07) is 7.94. The minimum atomic E-state index is -4.79. The van der Waals surface area contributed by atoms with Gasteiger partial charge >= 0.3 is 6.18 Å². The largest absolute Gasteiger partial charge is 0.453 e. The maximum absolute atomic E-state index is 13.7. The summed E-state index contributed by atoms with van der Waals surface area (Å²) < 4.78 is 42.8. The van der Waals surface area contributed by atoms with E-state index in [4.69, 9.17) is 0 Å². The highest BCUT2D eigenvalue weighted by Crippen LogP contribution is 2.29. The Morgan fingerprint density at radius 3 is 2.45 bits per heavy atom. The van der Waals surface area contributed by atoms with Crippen molar-refractivity contribution in [1.29, 1.82) is 0 Å². The van der Waals surface area contributed by atoms with Crippen molar-refractivity contribution in [2.24, 2.45) is 0 Å². The molecule has 0 saturated carbocycles. The van der Waals surface area contributed by atoms with Crippen molar-refractivity contribution in [1.82, 2.24) is 40.3 Å². The number of rotatable bonds is 6. The van der Waals surface area contributed by atoms with Crippen LogP contribution in [-0.4, -0.2) is 52.3 Å². The second-order valence-electron chi connectivity index (χ2n) is 9.70. The minimum absolute atomic E-state index is 0.0544. The molecule has 0 radical (unpaired) electrons. The summed E-state index contributed by atoms with van der Waals surface area (Å²) in [5, 5.41) is 19.6. The van der Waals surface area contributed by atoms with E-state index in [0.29, 0.717) is 19.2 Å². The molecule has 16 heteroatoms. The number of nitrogens with zero attached hydrogens (tertiary/aromatic N) is 7. The van der Waals surface area contributed by atoms with Gasteiger partial charge in [-0.25, -0.2) is 14.3 Å². The zero-order valence-electron chi connectivity index (χ0n) is 21.5. The predicted octanol–water partition coefficient (Wildman–Crippen LogP) is 4.93. The van der Waals surface area contributed by atoms with Crippen LogP contribution in [0.1, 0.15) is 58.7 Å². The topological polar surface area (TPSA) is 133 Å². The van der Waals surface area contributed by atoms with Crippen molar-refractivity contribution in [3.8, 4) is 5.82 Å². The van der Waals surface area contributed by atoms with Gasteiger partial charge in [-0.15, -0.1) is 5.10 Å². The van der Waals surface area contributed by atoms with Crippen molar-refractivity contribution in [3.05, 3.63) is 73.8 Å². The Balaban J connectivity index is 1.77. The molecule has 40 heavy (non-hydrogen) atoms. The van der Waals surface area contributed by atoms with Crippen LogP contribution in [0.15, 0.2) is 45.5 Å². The van der Waals surface area contributed by atoms with E-state index in [-0.39, 0.29) is 28.5 Å². The van der Waals surface area contributed by atoms with E-state index >= 15 is 0 Å². The molecule has 0 bridgehead atoms. The van der Waals surface area contributed by atoms with Gasteiger partial charge < -0.3 is 10.6 Å². The summed E-state index contributed by atoms with van der Waals surface area (Å²) in [6.45, 7) is 6.73. The molecule has 0 fully saturated rings. The van der Waals surface area contributed by atoms with Gasteiger partial charge in [-0.2, -0.15) is 18.3 Å². The number of aromatic nitrogens is 7. The molecule has 2 N–H and O–H groups in total. The lowest BCUT2D eigenvalue weighted by Crippen LogP contribution is -2.41. The van der Waals surface area contributed by atoms with Crippen molar-refractivity contribution < 1.29 is 22.8 Å². The van der Waals surface area contributed by atoms with Gasteiger partial charge in [-0.3, -0.25) is 9.59 Å². The van der Waals surface area contributed by atoms with E-state index in [2.05, 4.69) is 68.1 Å². The van der Waals surface area contributed by atoms with Crippen LogP contribution in [0.3, 0.4) is 0 Å². The second-order valence-corrected chi connectivity index (χ2v) is 11.5. The van der Waals surface area contributed by atoms with E-state index in [9.17, 15) is 22.8 Å². The van der Waals surface area contributed by atoms with Gasteiger partial charge in [0.2, 0.25) is 0 Å². The van der Waals surface area contributed by atoms with Gasteiger partial charge in [0.25, 0.3) is 17.6 Å². The molecule has 0 aliphatic rings. The molecule has 4 rings (SSSR count). The molecule has 0 unspecified atom stereocenters. The number of carbonyl (C=O) groups excluding carboxylic acids is 2. The molecule has 1 aromatic carbocycles. The predicted molar refractivity (Wildman–Crippen MR) is 145 cm³/mol. The Labute approximate surface area is 242 Å². The van der Waals surface area contributed by atoms with Gasteiger partial charge in [-0.05, 0) is 89.9 Å². The maximum Gasteiger partial charge on any atom is 0.453 e. The van der Waals surface area contributed by atoms with Gasteiger partial charge in [0.15, 0.2) is 5.82 Å². The molecule has 0 saturated heterocycles. The summed E-state index contributed by atoms with van der Waals surface area (Å²) >= 11 is 6.76. The number of aryl methyl sites for hydroxylation is 1.